The van der Waals surface area contributed by atoms with Gasteiger partial charge in [0.05, 0.1) is 39.4 Å². The molecule has 4 aliphatic rings. The van der Waals surface area contributed by atoms with Crippen molar-refractivity contribution in [1.29, 1.82) is 0 Å². The highest BCUT2D eigenvalue weighted by Crippen LogP contribution is 2.90. The first-order valence-corrected chi connectivity index (χ1v) is 32.1. The van der Waals surface area contributed by atoms with Crippen molar-refractivity contribution in [3.63, 3.8) is 0 Å². The summed E-state index contributed by atoms with van der Waals surface area (Å²) in [5.41, 5.74) is 24.6. The molecule has 15 rings (SSSR count). The number of phenols is 1. The number of fused-ring (bicyclic) bond motifs is 13. The van der Waals surface area contributed by atoms with Gasteiger partial charge < -0.3 is 5.11 Å². The topological polar surface area (TPSA) is 63.8 Å². The lowest BCUT2D eigenvalue weighted by Gasteiger charge is -2.57. The molecular weight excluding hydrogens is 1080 g/mol. The number of benzene rings is 8. The molecule has 4 aliphatic carbocycles. The van der Waals surface area contributed by atoms with E-state index in [4.69, 9.17) is 15.0 Å². The van der Waals surface area contributed by atoms with Crippen LogP contribution in [0.2, 0.25) is 0 Å². The highest BCUT2D eigenvalue weighted by molar-refractivity contribution is 5.97. The number of hydrogen-bond donors (Lipinski definition) is 1. The first-order valence-electron chi connectivity index (χ1n) is 32.1. The molecule has 5 atom stereocenters. The standard InChI is InChI=1S/C84H82N4O/c1-76(2,3)53-38-40-71(57(45-53)50-27-18-17-19-28-50)88-72-36-26-29-56(73(72)87-75(88)58-46-54(77(4,5)6)47-67(74(58)89)79(10,11)12)68-48-55(78(7,8)9)49-70(86-68)69-44-52(41-42-85-69)51-37-39-65-66(43-51)83(16)64-35-25-24-34-63(64)81(14)60-31-21-20-30-59(60)80(13)61-32-22-23-33-62(61)82(65,15)84(80,81)83/h17-49,89H,1-16H3. The number of hydrogen-bond acceptors (Lipinski definition) is 4. The Labute approximate surface area is 527 Å². The Bertz CT molecular complexity index is 4770. The van der Waals surface area contributed by atoms with Gasteiger partial charge in [0.2, 0.25) is 0 Å². The maximum atomic E-state index is 12.8. The lowest BCUT2D eigenvalue weighted by molar-refractivity contribution is 0.0253. The molecule has 1 N–H and O–H groups in total. The van der Waals surface area contributed by atoms with E-state index in [9.17, 15) is 5.11 Å². The number of rotatable bonds is 6. The van der Waals surface area contributed by atoms with E-state index in [1.807, 2.05) is 6.20 Å². The molecule has 1 spiro atoms. The number of aromatic nitrogens is 4. The third-order valence-corrected chi connectivity index (χ3v) is 22.3. The van der Waals surface area contributed by atoms with Gasteiger partial charge in [0.1, 0.15) is 11.6 Å². The van der Waals surface area contributed by atoms with Crippen molar-refractivity contribution in [1.82, 2.24) is 19.5 Å². The predicted molar refractivity (Wildman–Crippen MR) is 368 cm³/mol. The van der Waals surface area contributed by atoms with Crippen LogP contribution in [0.4, 0.5) is 0 Å². The molecule has 444 valence electrons. The van der Waals surface area contributed by atoms with Crippen molar-refractivity contribution in [2.45, 2.75) is 154 Å². The summed E-state index contributed by atoms with van der Waals surface area (Å²) in [5.74, 6) is 0.909. The Hall–Kier alpha value is -8.67. The lowest BCUT2D eigenvalue weighted by Crippen LogP contribution is -2.60. The Morgan fingerprint density at radius 1 is 0.360 bits per heavy atom. The van der Waals surface area contributed by atoms with Crippen molar-refractivity contribution in [3.05, 3.63) is 267 Å². The fourth-order valence-electron chi connectivity index (χ4n) is 18.4. The Morgan fingerprint density at radius 2 is 0.854 bits per heavy atom. The Kier molecular flexibility index (Phi) is 11.8. The highest BCUT2D eigenvalue weighted by atomic mass is 16.3. The zero-order valence-corrected chi connectivity index (χ0v) is 54.8. The molecule has 3 aromatic heterocycles. The van der Waals surface area contributed by atoms with E-state index in [0.717, 1.165) is 72.7 Å². The number of nitrogens with zero attached hydrogens (tertiary/aromatic N) is 4. The van der Waals surface area contributed by atoms with Gasteiger partial charge in [-0.3, -0.25) is 9.55 Å². The van der Waals surface area contributed by atoms with E-state index in [-0.39, 0.29) is 54.5 Å². The Balaban J connectivity index is 0.927. The molecule has 11 aromatic rings. The van der Waals surface area contributed by atoms with Crippen LogP contribution in [0.5, 0.6) is 5.75 Å². The normalized spacial score (nSPS) is 22.2. The third kappa shape index (κ3) is 7.33. The van der Waals surface area contributed by atoms with Crippen molar-refractivity contribution < 1.29 is 5.11 Å². The van der Waals surface area contributed by atoms with Gasteiger partial charge >= 0.3 is 0 Å². The minimum atomic E-state index is -0.367. The molecule has 0 radical (unpaired) electrons. The first kappa shape index (κ1) is 56.8. The molecule has 5 heteroatoms. The van der Waals surface area contributed by atoms with Crippen LogP contribution >= 0.6 is 0 Å². The van der Waals surface area contributed by atoms with Gasteiger partial charge in [-0.2, -0.15) is 0 Å². The van der Waals surface area contributed by atoms with Crippen LogP contribution in [0.3, 0.4) is 0 Å². The van der Waals surface area contributed by atoms with E-state index >= 15 is 0 Å². The molecule has 0 saturated carbocycles. The molecule has 89 heavy (non-hydrogen) atoms. The van der Waals surface area contributed by atoms with Crippen molar-refractivity contribution >= 4 is 11.0 Å². The molecule has 0 fully saturated rings. The van der Waals surface area contributed by atoms with Crippen molar-refractivity contribution in [2.24, 2.45) is 5.41 Å². The number of phenolic OH excluding ortho intramolecular Hbond substituents is 1. The van der Waals surface area contributed by atoms with E-state index in [0.29, 0.717) is 11.4 Å². The van der Waals surface area contributed by atoms with Gasteiger partial charge in [0, 0.05) is 50.0 Å². The van der Waals surface area contributed by atoms with Crippen LogP contribution in [-0.2, 0) is 43.3 Å². The number of aromatic hydroxyl groups is 1. The summed E-state index contributed by atoms with van der Waals surface area (Å²) in [6, 6.07) is 73.0. The summed E-state index contributed by atoms with van der Waals surface area (Å²) in [6.07, 6.45) is 1.97. The molecule has 0 saturated heterocycles. The Morgan fingerprint density at radius 3 is 1.40 bits per heavy atom. The second-order valence-electron chi connectivity index (χ2n) is 31.2. The van der Waals surface area contributed by atoms with Crippen LogP contribution in [0, 0.1) is 5.41 Å². The SMILES string of the molecule is CC(C)(C)c1cc(-c2cc(-c3ccc4c(c3)C3(C)c5ccccc5C5(C)c6ccccc6C6(C)c7ccccc7C4(C)C653)ccn2)nc(-c2cccc3c2nc(-c2cc(C(C)(C)C)cc(C(C)(C)C)c2O)n3-c2ccc(C(C)(C)C)cc2-c2ccccc2)c1. The number of imidazole rings is 1. The van der Waals surface area contributed by atoms with Gasteiger partial charge in [0.25, 0.3) is 0 Å². The van der Waals surface area contributed by atoms with Gasteiger partial charge in [-0.05, 0) is 154 Å². The van der Waals surface area contributed by atoms with Gasteiger partial charge in [-0.25, -0.2) is 9.97 Å². The monoisotopic (exact) mass is 1160 g/mol. The molecule has 0 amide bonds. The van der Waals surface area contributed by atoms with E-state index in [1.54, 1.807) is 0 Å². The van der Waals surface area contributed by atoms with Gasteiger partial charge in [0.15, 0.2) is 0 Å². The maximum absolute atomic E-state index is 12.8. The minimum Gasteiger partial charge on any atom is -0.507 e. The molecule has 0 aliphatic heterocycles. The summed E-state index contributed by atoms with van der Waals surface area (Å²) in [6.45, 7) is 37.3. The van der Waals surface area contributed by atoms with E-state index in [1.165, 1.54) is 55.6 Å². The van der Waals surface area contributed by atoms with Crippen LogP contribution in [0.15, 0.2) is 200 Å². The summed E-state index contributed by atoms with van der Waals surface area (Å²) in [5, 5.41) is 12.8. The zero-order valence-electron chi connectivity index (χ0n) is 54.8. The predicted octanol–water partition coefficient (Wildman–Crippen LogP) is 20.6. The molecular formula is C84H82N4O. The molecule has 5 nitrogen and oxygen atoms in total. The first-order chi connectivity index (χ1) is 42.1. The fourth-order valence-corrected chi connectivity index (χ4v) is 18.4. The summed E-state index contributed by atoms with van der Waals surface area (Å²) in [7, 11) is 0. The molecule has 5 unspecified atom stereocenters. The molecule has 0 bridgehead atoms. The summed E-state index contributed by atoms with van der Waals surface area (Å²) in [4.78, 5) is 16.7. The summed E-state index contributed by atoms with van der Waals surface area (Å²) < 4.78 is 2.29. The van der Waals surface area contributed by atoms with Crippen LogP contribution in [0.25, 0.3) is 73.0 Å². The molecule has 8 aromatic carbocycles. The average molecular weight is 1160 g/mol. The largest absolute Gasteiger partial charge is 0.507 e. The second kappa shape index (κ2) is 18.5. The number of para-hydroxylation sites is 1. The van der Waals surface area contributed by atoms with Crippen LogP contribution in [0.1, 0.15) is 178 Å². The van der Waals surface area contributed by atoms with E-state index < -0.39 is 0 Å². The second-order valence-corrected chi connectivity index (χ2v) is 31.2. The van der Waals surface area contributed by atoms with Crippen LogP contribution in [-0.4, -0.2) is 24.6 Å². The fraction of sp³-hybridized carbons (Fsp3) is 0.298. The quantitative estimate of drug-likeness (QED) is 0.180. The highest BCUT2D eigenvalue weighted by Gasteiger charge is 2.89. The summed E-state index contributed by atoms with van der Waals surface area (Å²) >= 11 is 0. The van der Waals surface area contributed by atoms with Crippen LogP contribution < -0.4 is 0 Å². The van der Waals surface area contributed by atoms with Gasteiger partial charge in [-0.1, -0.05) is 250 Å². The van der Waals surface area contributed by atoms with Crippen molar-refractivity contribution in [2.75, 3.05) is 0 Å². The number of pyridine rings is 2. The minimum absolute atomic E-state index is 0.104. The van der Waals surface area contributed by atoms with Gasteiger partial charge in [-0.15, -0.1) is 0 Å². The van der Waals surface area contributed by atoms with E-state index in [2.05, 4.69) is 309 Å². The molecule has 3 heterocycles. The third-order valence-electron chi connectivity index (χ3n) is 22.3. The smallest absolute Gasteiger partial charge is 0.149 e. The lowest BCUT2D eigenvalue weighted by atomic mass is 9.43. The average Bonchev–Trinajstić information content (AvgIpc) is 1.41. The maximum Gasteiger partial charge on any atom is 0.149 e. The zero-order chi connectivity index (χ0) is 62.5. The van der Waals surface area contributed by atoms with Crippen molar-refractivity contribution in [3.8, 4) is 67.7 Å².